The molecular weight excluding hydrogens is 452 g/mol. The van der Waals surface area contributed by atoms with Crippen molar-refractivity contribution >= 4 is 41.4 Å². The quantitative estimate of drug-likeness (QED) is 0.200. The van der Waals surface area contributed by atoms with Crippen LogP contribution in [0.5, 0.6) is 0 Å². The molecule has 0 aliphatic carbocycles. The first kappa shape index (κ1) is 27.9. The fraction of sp³-hybridized carbons (Fsp3) is 0.476. The lowest BCUT2D eigenvalue weighted by Crippen LogP contribution is -2.57. The Bertz CT molecular complexity index is 835. The molecule has 0 aliphatic rings. The van der Waals surface area contributed by atoms with Gasteiger partial charge in [-0.2, -0.15) is 11.8 Å². The fourth-order valence-electron chi connectivity index (χ4n) is 2.79. The van der Waals surface area contributed by atoms with Crippen LogP contribution in [-0.4, -0.2) is 76.0 Å². The van der Waals surface area contributed by atoms with Gasteiger partial charge in [-0.15, -0.1) is 0 Å². The van der Waals surface area contributed by atoms with Crippen molar-refractivity contribution in [2.75, 3.05) is 12.0 Å². The van der Waals surface area contributed by atoms with Crippen molar-refractivity contribution in [2.45, 2.75) is 50.4 Å². The maximum atomic E-state index is 13.0. The third-order valence-corrected chi connectivity index (χ3v) is 5.21. The average molecular weight is 483 g/mol. The molecule has 0 aromatic heterocycles. The normalized spacial score (nSPS) is 14.3. The number of nitrogens with one attached hydrogen (secondary N) is 3. The smallest absolute Gasteiger partial charge is 0.326 e. The highest BCUT2D eigenvalue weighted by Crippen LogP contribution is 2.07. The zero-order valence-corrected chi connectivity index (χ0v) is 19.3. The van der Waals surface area contributed by atoms with Crippen molar-refractivity contribution in [3.05, 3.63) is 35.9 Å². The van der Waals surface area contributed by atoms with Gasteiger partial charge in [0.15, 0.2) is 0 Å². The number of thioether (sulfide) groups is 1. The van der Waals surface area contributed by atoms with Crippen molar-refractivity contribution in [1.29, 1.82) is 0 Å². The lowest BCUT2D eigenvalue weighted by Gasteiger charge is -2.24. The fourth-order valence-corrected chi connectivity index (χ4v) is 3.26. The van der Waals surface area contributed by atoms with E-state index in [1.165, 1.54) is 18.7 Å². The molecule has 0 heterocycles. The molecule has 0 radical (unpaired) electrons. The average Bonchev–Trinajstić information content (AvgIpc) is 2.75. The molecule has 182 valence electrons. The summed E-state index contributed by atoms with van der Waals surface area (Å²) in [5.74, 6) is -4.48. The largest absolute Gasteiger partial charge is 0.481 e. The molecule has 0 spiro atoms. The second-order valence-corrected chi connectivity index (χ2v) is 8.37. The van der Waals surface area contributed by atoms with Gasteiger partial charge < -0.3 is 31.9 Å². The Morgan fingerprint density at radius 3 is 1.97 bits per heavy atom. The third-order valence-electron chi connectivity index (χ3n) is 4.57. The van der Waals surface area contributed by atoms with Crippen molar-refractivity contribution in [1.82, 2.24) is 16.0 Å². The third kappa shape index (κ3) is 10.4. The molecule has 11 nitrogen and oxygen atoms in total. The summed E-state index contributed by atoms with van der Waals surface area (Å²) in [5, 5.41) is 25.3. The van der Waals surface area contributed by atoms with Crippen molar-refractivity contribution in [3.8, 4) is 0 Å². The maximum Gasteiger partial charge on any atom is 0.326 e. The van der Waals surface area contributed by atoms with Gasteiger partial charge in [0, 0.05) is 6.42 Å². The first-order valence-corrected chi connectivity index (χ1v) is 11.6. The van der Waals surface area contributed by atoms with Crippen LogP contribution in [0.25, 0.3) is 0 Å². The van der Waals surface area contributed by atoms with E-state index in [1.54, 1.807) is 36.6 Å². The number of aliphatic carboxylic acids is 2. The molecular formula is C21H30N4O7S. The predicted octanol–water partition coefficient (Wildman–Crippen LogP) is -0.657. The number of nitrogens with two attached hydrogens (primary N) is 1. The number of carboxylic acids is 2. The van der Waals surface area contributed by atoms with Crippen molar-refractivity contribution in [3.63, 3.8) is 0 Å². The van der Waals surface area contributed by atoms with Gasteiger partial charge in [0.05, 0.1) is 12.5 Å². The number of carbonyl (C=O) groups excluding carboxylic acids is 3. The van der Waals surface area contributed by atoms with Crippen LogP contribution in [0.1, 0.15) is 25.3 Å². The van der Waals surface area contributed by atoms with E-state index in [9.17, 15) is 29.1 Å². The number of benzene rings is 1. The Hall–Kier alpha value is -3.12. The summed E-state index contributed by atoms with van der Waals surface area (Å²) in [6.07, 6.45) is 1.28. The molecule has 4 unspecified atom stereocenters. The van der Waals surface area contributed by atoms with Gasteiger partial charge in [0.1, 0.15) is 18.1 Å². The summed E-state index contributed by atoms with van der Waals surface area (Å²) < 4.78 is 0. The highest BCUT2D eigenvalue weighted by Gasteiger charge is 2.30. The van der Waals surface area contributed by atoms with E-state index in [2.05, 4.69) is 16.0 Å². The summed E-state index contributed by atoms with van der Waals surface area (Å²) in [7, 11) is 0. The molecule has 0 fully saturated rings. The molecule has 1 rings (SSSR count). The highest BCUT2D eigenvalue weighted by atomic mass is 32.2. The monoisotopic (exact) mass is 482 g/mol. The Morgan fingerprint density at radius 1 is 0.909 bits per heavy atom. The molecule has 12 heteroatoms. The molecule has 3 amide bonds. The summed E-state index contributed by atoms with van der Waals surface area (Å²) in [5.41, 5.74) is 6.37. The first-order chi connectivity index (χ1) is 15.5. The topological polar surface area (TPSA) is 188 Å². The Morgan fingerprint density at radius 2 is 1.45 bits per heavy atom. The SMILES string of the molecule is CSCCC(NC(=O)C(Cc1ccccc1)NC(=O)C(C)N)C(=O)NC(CC(=O)O)C(=O)O. The zero-order valence-electron chi connectivity index (χ0n) is 18.4. The molecule has 0 saturated heterocycles. The van der Waals surface area contributed by atoms with Crippen LogP contribution in [0.4, 0.5) is 0 Å². The molecule has 1 aromatic carbocycles. The van der Waals surface area contributed by atoms with Gasteiger partial charge in [-0.05, 0) is 30.9 Å². The van der Waals surface area contributed by atoms with E-state index < -0.39 is 60.2 Å². The second-order valence-electron chi connectivity index (χ2n) is 7.38. The van der Waals surface area contributed by atoms with Crippen molar-refractivity contribution < 1.29 is 34.2 Å². The highest BCUT2D eigenvalue weighted by molar-refractivity contribution is 7.98. The summed E-state index contributed by atoms with van der Waals surface area (Å²) >= 11 is 1.41. The van der Waals surface area contributed by atoms with Crippen molar-refractivity contribution in [2.24, 2.45) is 5.73 Å². The molecule has 1 aromatic rings. The van der Waals surface area contributed by atoms with Crippen LogP contribution < -0.4 is 21.7 Å². The molecule has 33 heavy (non-hydrogen) atoms. The lowest BCUT2D eigenvalue weighted by molar-refractivity contribution is -0.147. The number of amides is 3. The maximum absolute atomic E-state index is 13.0. The molecule has 0 saturated carbocycles. The van der Waals surface area contributed by atoms with Gasteiger partial charge in [-0.3, -0.25) is 19.2 Å². The number of hydrogen-bond donors (Lipinski definition) is 6. The number of carboxylic acid groups (broad SMARTS) is 2. The standard InChI is InChI=1S/C21H30N4O7S/c1-12(22)18(28)24-15(10-13-6-4-3-5-7-13)20(30)23-14(8-9-33-2)19(29)25-16(21(31)32)11-17(26)27/h3-7,12,14-16H,8-11,22H2,1-2H3,(H,23,30)(H,24,28)(H,25,29)(H,26,27)(H,31,32). The van der Waals surface area contributed by atoms with Gasteiger partial charge in [-0.1, -0.05) is 30.3 Å². The van der Waals surface area contributed by atoms with E-state index in [1.807, 2.05) is 0 Å². The molecule has 0 bridgehead atoms. The summed E-state index contributed by atoms with van der Waals surface area (Å²) in [4.78, 5) is 60.0. The lowest BCUT2D eigenvalue weighted by atomic mass is 10.0. The molecule has 4 atom stereocenters. The van der Waals surface area contributed by atoms with Gasteiger partial charge in [-0.25, -0.2) is 4.79 Å². The zero-order chi connectivity index (χ0) is 25.0. The second kappa shape index (κ2) is 14.1. The molecule has 0 aliphatic heterocycles. The van der Waals surface area contributed by atoms with Gasteiger partial charge >= 0.3 is 11.9 Å². The van der Waals surface area contributed by atoms with E-state index in [-0.39, 0.29) is 12.8 Å². The predicted molar refractivity (Wildman–Crippen MR) is 122 cm³/mol. The van der Waals surface area contributed by atoms with E-state index in [0.717, 1.165) is 5.56 Å². The van der Waals surface area contributed by atoms with Crippen LogP contribution in [0, 0.1) is 0 Å². The van der Waals surface area contributed by atoms with Gasteiger partial charge in [0.25, 0.3) is 0 Å². The van der Waals surface area contributed by atoms with E-state index in [4.69, 9.17) is 10.8 Å². The Balaban J connectivity index is 3.03. The molecule has 7 N–H and O–H groups in total. The summed E-state index contributed by atoms with van der Waals surface area (Å²) in [6.45, 7) is 1.47. The number of rotatable bonds is 14. The van der Waals surface area contributed by atoms with E-state index >= 15 is 0 Å². The first-order valence-electron chi connectivity index (χ1n) is 10.2. The minimum atomic E-state index is -1.65. The number of hydrogen-bond acceptors (Lipinski definition) is 7. The summed E-state index contributed by atoms with van der Waals surface area (Å²) in [6, 6.07) is 4.23. The van der Waals surface area contributed by atoms with Crippen LogP contribution in [0.2, 0.25) is 0 Å². The Kier molecular flexibility index (Phi) is 11.9. The van der Waals surface area contributed by atoms with Gasteiger partial charge in [0.2, 0.25) is 17.7 Å². The van der Waals surface area contributed by atoms with Crippen LogP contribution in [-0.2, 0) is 30.4 Å². The van der Waals surface area contributed by atoms with Crippen LogP contribution >= 0.6 is 11.8 Å². The minimum Gasteiger partial charge on any atom is -0.481 e. The minimum absolute atomic E-state index is 0.138. The van der Waals surface area contributed by atoms with Crippen LogP contribution in [0.3, 0.4) is 0 Å². The van der Waals surface area contributed by atoms with E-state index in [0.29, 0.717) is 5.75 Å². The van der Waals surface area contributed by atoms with Crippen LogP contribution in [0.15, 0.2) is 30.3 Å². The Labute approximate surface area is 195 Å². The number of carbonyl (C=O) groups is 5.